The highest BCUT2D eigenvalue weighted by Crippen LogP contribution is 2.15. The molecule has 1 amide bonds. The van der Waals surface area contributed by atoms with Gasteiger partial charge in [0.2, 0.25) is 11.5 Å². The Bertz CT molecular complexity index is 1170. The van der Waals surface area contributed by atoms with Crippen molar-refractivity contribution in [3.05, 3.63) is 45.9 Å². The van der Waals surface area contributed by atoms with Crippen LogP contribution in [0.4, 0.5) is 5.82 Å². The summed E-state index contributed by atoms with van der Waals surface area (Å²) in [6.07, 6.45) is 3.20. The maximum atomic E-state index is 13.3. The van der Waals surface area contributed by atoms with Gasteiger partial charge in [0.05, 0.1) is 12.6 Å². The lowest BCUT2D eigenvalue weighted by Gasteiger charge is -2.13. The second-order valence-corrected chi connectivity index (χ2v) is 8.06. The van der Waals surface area contributed by atoms with Gasteiger partial charge in [0.1, 0.15) is 10.9 Å². The molecule has 9 nitrogen and oxygen atoms in total. The minimum Gasteiger partial charge on any atom is -0.385 e. The summed E-state index contributed by atoms with van der Waals surface area (Å²) in [4.78, 5) is 30.9. The zero-order chi connectivity index (χ0) is 23.3. The predicted octanol–water partition coefficient (Wildman–Crippen LogP) is 1.61. The Morgan fingerprint density at radius 3 is 2.78 bits per heavy atom. The maximum absolute atomic E-state index is 13.3. The topological polar surface area (TPSA) is 112 Å². The fourth-order valence-corrected chi connectivity index (χ4v) is 3.52. The molecule has 0 fully saturated rings. The number of fused-ring (bicyclic) bond motifs is 2. The van der Waals surface area contributed by atoms with E-state index in [2.05, 4.69) is 5.32 Å². The van der Waals surface area contributed by atoms with Gasteiger partial charge in [-0.1, -0.05) is 11.1 Å². The minimum atomic E-state index is -0.332. The number of ether oxygens (including phenoxy) is 2. The summed E-state index contributed by atoms with van der Waals surface area (Å²) in [5.41, 5.74) is 8.36. The van der Waals surface area contributed by atoms with Gasteiger partial charge in [-0.2, -0.15) is 0 Å². The van der Waals surface area contributed by atoms with Gasteiger partial charge in [-0.3, -0.25) is 14.0 Å². The quantitative estimate of drug-likeness (QED) is 0.280. The summed E-state index contributed by atoms with van der Waals surface area (Å²) in [6.45, 7) is 7.84. The van der Waals surface area contributed by atoms with E-state index < -0.39 is 0 Å². The van der Waals surface area contributed by atoms with Gasteiger partial charge in [0, 0.05) is 39.5 Å². The highest BCUT2D eigenvalue weighted by atomic mass is 16.5. The summed E-state index contributed by atoms with van der Waals surface area (Å²) in [5.74, 6) is -0.0592. The number of carbonyl (C=O) groups is 1. The van der Waals surface area contributed by atoms with Crippen molar-refractivity contribution in [2.75, 3.05) is 32.6 Å². The molecule has 0 aromatic carbocycles. The molecular formula is C23H32N5O4+. The van der Waals surface area contributed by atoms with Crippen LogP contribution >= 0.6 is 0 Å². The summed E-state index contributed by atoms with van der Waals surface area (Å²) in [7, 11) is 1.61. The number of methoxy groups -OCH3 is 1. The second-order valence-electron chi connectivity index (χ2n) is 8.06. The second kappa shape index (κ2) is 10.5. The van der Waals surface area contributed by atoms with Crippen molar-refractivity contribution in [3.8, 4) is 0 Å². The summed E-state index contributed by atoms with van der Waals surface area (Å²) in [5, 5.41) is 3.19. The van der Waals surface area contributed by atoms with Gasteiger partial charge in [-0.05, 0) is 44.9 Å². The molecule has 0 aliphatic carbocycles. The Labute approximate surface area is 187 Å². The van der Waals surface area contributed by atoms with Crippen LogP contribution in [0.1, 0.15) is 42.6 Å². The van der Waals surface area contributed by atoms with E-state index in [1.165, 1.54) is 4.40 Å². The molecule has 0 unspecified atom stereocenters. The standard InChI is InChI=1S/C23H31N5O4/c1-15(2)32-12-6-10-27-20(24)17(22(29)25-9-5-11-31-4)13-18-21(27)26-19-8-7-16(3)14-28(19)23(18)30/h7-8,13-15,24H,5-6,9-12H2,1-4H3,(H,25,29)/p+1. The molecule has 0 saturated carbocycles. The zero-order valence-corrected chi connectivity index (χ0v) is 19.2. The third-order valence-electron chi connectivity index (χ3n) is 5.13. The minimum absolute atomic E-state index is 0.119. The Hall–Kier alpha value is -3.04. The van der Waals surface area contributed by atoms with Gasteiger partial charge < -0.3 is 20.5 Å². The number of nitrogen functional groups attached to an aromatic ring is 1. The summed E-state index contributed by atoms with van der Waals surface area (Å²) >= 11 is 0. The Morgan fingerprint density at radius 2 is 2.06 bits per heavy atom. The molecule has 0 atom stereocenters. The molecule has 0 aliphatic heterocycles. The molecule has 172 valence electrons. The van der Waals surface area contributed by atoms with Crippen molar-refractivity contribution < 1.29 is 18.8 Å². The smallest absolute Gasteiger partial charge is 0.278 e. The maximum Gasteiger partial charge on any atom is 0.278 e. The van der Waals surface area contributed by atoms with E-state index in [1.54, 1.807) is 30.0 Å². The molecule has 0 saturated heterocycles. The number of nitrogens with one attached hydrogen (secondary N) is 1. The number of aryl methyl sites for hydroxylation is 2. The molecule has 0 aliphatic rings. The number of carbonyl (C=O) groups excluding carboxylic acids is 1. The third kappa shape index (κ3) is 5.23. The van der Waals surface area contributed by atoms with Crippen LogP contribution in [-0.4, -0.2) is 48.3 Å². The molecule has 0 radical (unpaired) electrons. The highest BCUT2D eigenvalue weighted by molar-refractivity contribution is 6.00. The molecule has 32 heavy (non-hydrogen) atoms. The van der Waals surface area contributed by atoms with Crippen molar-refractivity contribution in [1.29, 1.82) is 0 Å². The number of anilines is 1. The van der Waals surface area contributed by atoms with E-state index in [0.717, 1.165) is 5.56 Å². The summed E-state index contributed by atoms with van der Waals surface area (Å²) < 4.78 is 13.9. The largest absolute Gasteiger partial charge is 0.385 e. The molecule has 0 spiro atoms. The van der Waals surface area contributed by atoms with Crippen LogP contribution < -0.4 is 21.2 Å². The van der Waals surface area contributed by atoms with E-state index in [1.807, 2.05) is 26.8 Å². The zero-order valence-electron chi connectivity index (χ0n) is 19.2. The number of amides is 1. The van der Waals surface area contributed by atoms with Crippen LogP contribution in [0.2, 0.25) is 0 Å². The molecule has 3 N–H and O–H groups in total. The molecule has 3 aromatic rings. The normalized spacial score (nSPS) is 11.5. The van der Waals surface area contributed by atoms with Crippen LogP contribution in [-0.2, 0) is 16.0 Å². The third-order valence-corrected chi connectivity index (χ3v) is 5.13. The first-order valence-corrected chi connectivity index (χ1v) is 10.9. The number of hydrogen-bond acceptors (Lipinski definition) is 6. The van der Waals surface area contributed by atoms with Gasteiger partial charge >= 0.3 is 0 Å². The predicted molar refractivity (Wildman–Crippen MR) is 123 cm³/mol. The first-order chi connectivity index (χ1) is 15.3. The lowest BCUT2D eigenvalue weighted by Crippen LogP contribution is -2.43. The fraction of sp³-hybridized carbons (Fsp3) is 0.478. The van der Waals surface area contributed by atoms with Crippen LogP contribution in [0.25, 0.3) is 16.7 Å². The van der Waals surface area contributed by atoms with E-state index in [-0.39, 0.29) is 29.0 Å². The van der Waals surface area contributed by atoms with Crippen LogP contribution in [0, 0.1) is 6.92 Å². The monoisotopic (exact) mass is 442 g/mol. The first-order valence-electron chi connectivity index (χ1n) is 10.9. The van der Waals surface area contributed by atoms with Gasteiger partial charge in [0.25, 0.3) is 17.1 Å². The molecule has 3 aromatic heterocycles. The number of pyridine rings is 2. The molecule has 9 heteroatoms. The van der Waals surface area contributed by atoms with Gasteiger partial charge in [-0.15, -0.1) is 0 Å². The lowest BCUT2D eigenvalue weighted by molar-refractivity contribution is -0.659. The summed E-state index contributed by atoms with van der Waals surface area (Å²) in [6, 6.07) is 5.25. The average molecular weight is 443 g/mol. The van der Waals surface area contributed by atoms with Crippen molar-refractivity contribution in [1.82, 2.24) is 14.7 Å². The van der Waals surface area contributed by atoms with Gasteiger partial charge in [-0.25, -0.2) is 4.57 Å². The van der Waals surface area contributed by atoms with Crippen molar-refractivity contribution in [3.63, 3.8) is 0 Å². The van der Waals surface area contributed by atoms with Crippen LogP contribution in [0.3, 0.4) is 0 Å². The van der Waals surface area contributed by atoms with Crippen molar-refractivity contribution >= 4 is 28.4 Å². The Kier molecular flexibility index (Phi) is 7.76. The van der Waals surface area contributed by atoms with E-state index in [9.17, 15) is 9.59 Å². The number of nitrogens with zero attached hydrogens (tertiary/aromatic N) is 3. The van der Waals surface area contributed by atoms with Crippen LogP contribution in [0.5, 0.6) is 0 Å². The molecule has 3 rings (SSSR count). The Morgan fingerprint density at radius 1 is 1.28 bits per heavy atom. The lowest BCUT2D eigenvalue weighted by atomic mass is 10.1. The van der Waals surface area contributed by atoms with Gasteiger partial charge in [0.15, 0.2) is 0 Å². The SMILES string of the molecule is COCCCNC(=O)c1cc2c(=O)n3cc(C)ccc3nc2[n+](CCCOC(C)C)c1N. The molecular weight excluding hydrogens is 410 g/mol. The van der Waals surface area contributed by atoms with E-state index in [4.69, 9.17) is 20.2 Å². The highest BCUT2D eigenvalue weighted by Gasteiger charge is 2.24. The van der Waals surface area contributed by atoms with Crippen molar-refractivity contribution in [2.24, 2.45) is 0 Å². The van der Waals surface area contributed by atoms with E-state index >= 15 is 0 Å². The molecule has 0 bridgehead atoms. The molecule has 3 heterocycles. The number of rotatable bonds is 10. The van der Waals surface area contributed by atoms with Crippen molar-refractivity contribution in [2.45, 2.75) is 46.3 Å². The fourth-order valence-electron chi connectivity index (χ4n) is 3.52. The Balaban J connectivity index is 2.09. The number of nitrogens with two attached hydrogens (primary N) is 1. The van der Waals surface area contributed by atoms with E-state index in [0.29, 0.717) is 55.8 Å². The number of hydrogen-bond donors (Lipinski definition) is 2. The average Bonchev–Trinajstić information content (AvgIpc) is 2.75. The number of aromatic nitrogens is 3. The van der Waals surface area contributed by atoms with Crippen LogP contribution in [0.15, 0.2) is 29.2 Å². The first kappa shape index (κ1) is 23.6.